The first-order chi connectivity index (χ1) is 11.5. The fraction of sp³-hybridized carbons (Fsp3) is 0.333. The second-order valence-corrected chi connectivity index (χ2v) is 7.14. The maximum absolute atomic E-state index is 13.7. The highest BCUT2D eigenvalue weighted by atomic mass is 32.1. The molecule has 2 aromatic rings. The number of carbonyl (C=O) groups excluding carboxylic acids is 2. The van der Waals surface area contributed by atoms with Crippen LogP contribution in [-0.2, 0) is 11.2 Å². The van der Waals surface area contributed by atoms with Gasteiger partial charge in [0.1, 0.15) is 5.82 Å². The van der Waals surface area contributed by atoms with E-state index in [4.69, 9.17) is 0 Å². The molecule has 1 fully saturated rings. The first-order valence-electron chi connectivity index (χ1n) is 7.91. The highest BCUT2D eigenvalue weighted by Crippen LogP contribution is 2.18. The monoisotopic (exact) mass is 346 g/mol. The number of carbonyl (C=O) groups is 2. The molecule has 24 heavy (non-hydrogen) atoms. The van der Waals surface area contributed by atoms with Gasteiger partial charge in [-0.1, -0.05) is 18.2 Å². The van der Waals surface area contributed by atoms with Gasteiger partial charge in [-0.05, 0) is 30.7 Å². The van der Waals surface area contributed by atoms with Gasteiger partial charge in [0.05, 0.1) is 11.3 Å². The SMILES string of the molecule is Cc1ccc(C(=O)N2CCN(C(=O)Cc3ccccc3F)CC2)s1. The van der Waals surface area contributed by atoms with Crippen LogP contribution in [0.2, 0.25) is 0 Å². The largest absolute Gasteiger partial charge is 0.339 e. The van der Waals surface area contributed by atoms with Gasteiger partial charge in [0, 0.05) is 31.1 Å². The Kier molecular flexibility index (Phi) is 4.94. The van der Waals surface area contributed by atoms with Crippen LogP contribution in [-0.4, -0.2) is 47.8 Å². The molecular formula is C18H19FN2O2S. The molecule has 0 unspecified atom stereocenters. The van der Waals surface area contributed by atoms with Crippen molar-refractivity contribution in [3.63, 3.8) is 0 Å². The van der Waals surface area contributed by atoms with Crippen molar-refractivity contribution in [2.24, 2.45) is 0 Å². The Balaban J connectivity index is 1.56. The van der Waals surface area contributed by atoms with Gasteiger partial charge in [0.15, 0.2) is 0 Å². The van der Waals surface area contributed by atoms with E-state index >= 15 is 0 Å². The number of benzene rings is 1. The molecule has 0 N–H and O–H groups in total. The minimum atomic E-state index is -0.354. The topological polar surface area (TPSA) is 40.6 Å². The zero-order chi connectivity index (χ0) is 17.1. The Morgan fingerprint density at radius 1 is 1.04 bits per heavy atom. The summed E-state index contributed by atoms with van der Waals surface area (Å²) in [4.78, 5) is 30.1. The van der Waals surface area contributed by atoms with Crippen molar-refractivity contribution in [2.45, 2.75) is 13.3 Å². The summed E-state index contributed by atoms with van der Waals surface area (Å²) in [5.74, 6) is -0.429. The Hall–Kier alpha value is -2.21. The summed E-state index contributed by atoms with van der Waals surface area (Å²) in [6, 6.07) is 10.1. The molecule has 0 bridgehead atoms. The van der Waals surface area contributed by atoms with Crippen molar-refractivity contribution in [3.05, 3.63) is 57.5 Å². The van der Waals surface area contributed by atoms with Crippen LogP contribution in [0, 0.1) is 12.7 Å². The lowest BCUT2D eigenvalue weighted by Gasteiger charge is -2.34. The fourth-order valence-corrected chi connectivity index (χ4v) is 3.62. The standard InChI is InChI=1S/C18H19FN2O2S/c1-13-6-7-16(24-13)18(23)21-10-8-20(9-11-21)17(22)12-14-4-2-3-5-15(14)19/h2-7H,8-12H2,1H3. The van der Waals surface area contributed by atoms with E-state index in [2.05, 4.69) is 0 Å². The Labute approximate surface area is 144 Å². The number of aryl methyl sites for hydroxylation is 1. The molecule has 0 aliphatic carbocycles. The number of hydrogen-bond acceptors (Lipinski definition) is 3. The lowest BCUT2D eigenvalue weighted by atomic mass is 10.1. The van der Waals surface area contributed by atoms with E-state index in [0.29, 0.717) is 31.7 Å². The Morgan fingerprint density at radius 2 is 1.71 bits per heavy atom. The van der Waals surface area contributed by atoms with Gasteiger partial charge >= 0.3 is 0 Å². The molecule has 6 heteroatoms. The van der Waals surface area contributed by atoms with Crippen molar-refractivity contribution in [1.82, 2.24) is 9.80 Å². The van der Waals surface area contributed by atoms with E-state index in [9.17, 15) is 14.0 Å². The van der Waals surface area contributed by atoms with Gasteiger partial charge in [-0.15, -0.1) is 11.3 Å². The fourth-order valence-electron chi connectivity index (χ4n) is 2.78. The third-order valence-electron chi connectivity index (χ3n) is 4.17. The summed E-state index contributed by atoms with van der Waals surface area (Å²) in [7, 11) is 0. The van der Waals surface area contributed by atoms with Gasteiger partial charge in [-0.2, -0.15) is 0 Å². The van der Waals surface area contributed by atoms with Crippen LogP contribution in [0.25, 0.3) is 0 Å². The lowest BCUT2D eigenvalue weighted by molar-refractivity contribution is -0.132. The predicted molar refractivity (Wildman–Crippen MR) is 91.6 cm³/mol. The molecule has 1 aliphatic heterocycles. The summed E-state index contributed by atoms with van der Waals surface area (Å²) in [5, 5.41) is 0. The zero-order valence-corrected chi connectivity index (χ0v) is 14.3. The zero-order valence-electron chi connectivity index (χ0n) is 13.5. The molecule has 0 saturated carbocycles. The normalized spacial score (nSPS) is 14.8. The second kappa shape index (κ2) is 7.13. The van der Waals surface area contributed by atoms with E-state index in [1.807, 2.05) is 19.1 Å². The average molecular weight is 346 g/mol. The molecular weight excluding hydrogens is 327 g/mol. The number of piperazine rings is 1. The molecule has 2 heterocycles. The van der Waals surface area contributed by atoms with Crippen molar-refractivity contribution in [3.8, 4) is 0 Å². The minimum absolute atomic E-state index is 0.0225. The number of halogens is 1. The molecule has 1 aliphatic rings. The quantitative estimate of drug-likeness (QED) is 0.857. The maximum atomic E-state index is 13.7. The third-order valence-corrected chi connectivity index (χ3v) is 5.16. The first kappa shape index (κ1) is 16.6. The molecule has 0 spiro atoms. The molecule has 1 saturated heterocycles. The van der Waals surface area contributed by atoms with Crippen molar-refractivity contribution < 1.29 is 14.0 Å². The van der Waals surface area contributed by atoms with Crippen molar-refractivity contribution in [1.29, 1.82) is 0 Å². The molecule has 126 valence electrons. The highest BCUT2D eigenvalue weighted by Gasteiger charge is 2.25. The molecule has 1 aromatic heterocycles. The highest BCUT2D eigenvalue weighted by molar-refractivity contribution is 7.13. The number of amides is 2. The summed E-state index contributed by atoms with van der Waals surface area (Å²) >= 11 is 1.49. The van der Waals surface area contributed by atoms with E-state index in [0.717, 1.165) is 9.75 Å². The van der Waals surface area contributed by atoms with Crippen LogP contribution in [0.5, 0.6) is 0 Å². The molecule has 4 nitrogen and oxygen atoms in total. The summed E-state index contributed by atoms with van der Waals surface area (Å²) in [6.07, 6.45) is 0.0603. The molecule has 0 atom stereocenters. The van der Waals surface area contributed by atoms with Gasteiger partial charge in [-0.3, -0.25) is 9.59 Å². The van der Waals surface area contributed by atoms with Crippen LogP contribution in [0.4, 0.5) is 4.39 Å². The molecule has 1 aromatic carbocycles. The van der Waals surface area contributed by atoms with Crippen molar-refractivity contribution >= 4 is 23.2 Å². The maximum Gasteiger partial charge on any atom is 0.264 e. The van der Waals surface area contributed by atoms with Crippen molar-refractivity contribution in [2.75, 3.05) is 26.2 Å². The van der Waals surface area contributed by atoms with Crippen LogP contribution in [0.15, 0.2) is 36.4 Å². The number of nitrogens with zero attached hydrogens (tertiary/aromatic N) is 2. The minimum Gasteiger partial charge on any atom is -0.339 e. The van der Waals surface area contributed by atoms with Gasteiger partial charge in [0.2, 0.25) is 5.91 Å². The second-order valence-electron chi connectivity index (χ2n) is 5.85. The summed E-state index contributed by atoms with van der Waals surface area (Å²) in [6.45, 7) is 3.98. The van der Waals surface area contributed by atoms with E-state index in [1.54, 1.807) is 28.0 Å². The first-order valence-corrected chi connectivity index (χ1v) is 8.73. The Morgan fingerprint density at radius 3 is 2.33 bits per heavy atom. The van der Waals surface area contributed by atoms with E-state index in [-0.39, 0.29) is 24.1 Å². The average Bonchev–Trinajstić information content (AvgIpc) is 3.03. The van der Waals surface area contributed by atoms with Crippen LogP contribution in [0.3, 0.4) is 0 Å². The lowest BCUT2D eigenvalue weighted by Crippen LogP contribution is -2.50. The predicted octanol–water partition coefficient (Wildman–Crippen LogP) is 2.72. The molecule has 0 radical (unpaired) electrons. The van der Waals surface area contributed by atoms with E-state index < -0.39 is 0 Å². The van der Waals surface area contributed by atoms with Crippen LogP contribution >= 0.6 is 11.3 Å². The molecule has 3 rings (SSSR count). The van der Waals surface area contributed by atoms with E-state index in [1.165, 1.54) is 17.4 Å². The third kappa shape index (κ3) is 3.64. The number of thiophene rings is 1. The van der Waals surface area contributed by atoms with Crippen LogP contribution < -0.4 is 0 Å². The van der Waals surface area contributed by atoms with Gasteiger partial charge in [-0.25, -0.2) is 4.39 Å². The van der Waals surface area contributed by atoms with Gasteiger partial charge in [0.25, 0.3) is 5.91 Å². The van der Waals surface area contributed by atoms with Crippen LogP contribution in [0.1, 0.15) is 20.1 Å². The van der Waals surface area contributed by atoms with Gasteiger partial charge < -0.3 is 9.80 Å². The number of hydrogen-bond donors (Lipinski definition) is 0. The Bertz CT molecular complexity index is 751. The summed E-state index contributed by atoms with van der Waals surface area (Å²) < 4.78 is 13.7. The summed E-state index contributed by atoms with van der Waals surface area (Å²) in [5.41, 5.74) is 0.412. The number of rotatable bonds is 3. The smallest absolute Gasteiger partial charge is 0.264 e. The molecule has 2 amide bonds.